The van der Waals surface area contributed by atoms with E-state index in [2.05, 4.69) is 5.32 Å². The van der Waals surface area contributed by atoms with Gasteiger partial charge in [0, 0.05) is 25.8 Å². The number of benzene rings is 2. The number of hydrogen-bond acceptors (Lipinski definition) is 2. The zero-order valence-electron chi connectivity index (χ0n) is 12.5. The van der Waals surface area contributed by atoms with Crippen molar-refractivity contribution in [1.29, 1.82) is 0 Å². The van der Waals surface area contributed by atoms with Crippen molar-refractivity contribution >= 4 is 23.0 Å². The Bertz CT molecular complexity index is 613. The lowest BCUT2D eigenvalue weighted by Gasteiger charge is -2.19. The molecule has 0 aliphatic rings. The zero-order valence-corrected chi connectivity index (χ0v) is 13.3. The van der Waals surface area contributed by atoms with Crippen LogP contribution in [0.2, 0.25) is 5.02 Å². The fourth-order valence-corrected chi connectivity index (χ4v) is 2.64. The molecular formula is C17H20ClFN2. The van der Waals surface area contributed by atoms with Crippen molar-refractivity contribution in [1.82, 2.24) is 0 Å². The van der Waals surface area contributed by atoms with Gasteiger partial charge in [-0.15, -0.1) is 0 Å². The normalized spacial score (nSPS) is 12.0. The van der Waals surface area contributed by atoms with Crippen molar-refractivity contribution in [2.45, 2.75) is 19.4 Å². The molecule has 0 radical (unpaired) electrons. The maximum atomic E-state index is 13.6. The highest BCUT2D eigenvalue weighted by atomic mass is 35.5. The summed E-state index contributed by atoms with van der Waals surface area (Å²) in [5, 5.41) is 4.05. The van der Waals surface area contributed by atoms with Crippen LogP contribution < -0.4 is 10.2 Å². The molecule has 2 aromatic carbocycles. The molecule has 112 valence electrons. The van der Waals surface area contributed by atoms with E-state index in [9.17, 15) is 4.39 Å². The summed E-state index contributed by atoms with van der Waals surface area (Å²) in [6.45, 7) is 2.03. The average Bonchev–Trinajstić information content (AvgIpc) is 2.41. The van der Waals surface area contributed by atoms with E-state index in [1.54, 1.807) is 6.07 Å². The van der Waals surface area contributed by atoms with Crippen LogP contribution in [0.3, 0.4) is 0 Å². The van der Waals surface area contributed by atoms with Crippen molar-refractivity contribution in [3.05, 3.63) is 58.9 Å². The van der Waals surface area contributed by atoms with Gasteiger partial charge in [0.15, 0.2) is 0 Å². The number of halogens is 2. The molecule has 0 saturated heterocycles. The maximum absolute atomic E-state index is 13.6. The highest BCUT2D eigenvalue weighted by Crippen LogP contribution is 2.27. The molecule has 0 aliphatic heterocycles. The van der Waals surface area contributed by atoms with Gasteiger partial charge in [-0.05, 0) is 43.2 Å². The average molecular weight is 307 g/mol. The van der Waals surface area contributed by atoms with Gasteiger partial charge in [-0.1, -0.05) is 29.8 Å². The molecule has 1 N–H and O–H groups in total. The minimum absolute atomic E-state index is 0.114. The van der Waals surface area contributed by atoms with Crippen molar-refractivity contribution in [2.75, 3.05) is 24.3 Å². The molecular weight excluding hydrogens is 287 g/mol. The summed E-state index contributed by atoms with van der Waals surface area (Å²) in [5.74, 6) is -0.160. The van der Waals surface area contributed by atoms with Crippen molar-refractivity contribution in [2.24, 2.45) is 0 Å². The fraction of sp³-hybridized carbons (Fsp3) is 0.294. The fourth-order valence-electron chi connectivity index (χ4n) is 2.29. The lowest BCUT2D eigenvalue weighted by atomic mass is 10.1. The predicted molar refractivity (Wildman–Crippen MR) is 89.0 cm³/mol. The van der Waals surface area contributed by atoms with Gasteiger partial charge in [0.05, 0.1) is 10.7 Å². The molecule has 0 aliphatic carbocycles. The second kappa shape index (κ2) is 6.81. The third kappa shape index (κ3) is 4.11. The largest absolute Gasteiger partial charge is 0.382 e. The number of rotatable bonds is 5. The van der Waals surface area contributed by atoms with Crippen LogP contribution in [-0.2, 0) is 6.42 Å². The van der Waals surface area contributed by atoms with E-state index in [4.69, 9.17) is 11.6 Å². The first kappa shape index (κ1) is 15.6. The van der Waals surface area contributed by atoms with E-state index < -0.39 is 0 Å². The minimum Gasteiger partial charge on any atom is -0.382 e. The second-order valence-electron chi connectivity index (χ2n) is 5.40. The third-order valence-electron chi connectivity index (χ3n) is 3.33. The molecule has 2 nitrogen and oxygen atoms in total. The summed E-state index contributed by atoms with van der Waals surface area (Å²) in [7, 11) is 3.91. The Labute approximate surface area is 130 Å². The van der Waals surface area contributed by atoms with Gasteiger partial charge in [0.1, 0.15) is 5.82 Å². The Balaban J connectivity index is 2.05. The Kier molecular flexibility index (Phi) is 5.07. The summed E-state index contributed by atoms with van der Waals surface area (Å²) in [5.41, 5.74) is 2.63. The van der Waals surface area contributed by atoms with Crippen LogP contribution in [0.5, 0.6) is 0 Å². The van der Waals surface area contributed by atoms with E-state index in [0.29, 0.717) is 17.0 Å². The Morgan fingerprint density at radius 2 is 1.90 bits per heavy atom. The van der Waals surface area contributed by atoms with Crippen LogP contribution in [0.4, 0.5) is 15.8 Å². The van der Waals surface area contributed by atoms with Crippen LogP contribution >= 0.6 is 11.6 Å². The van der Waals surface area contributed by atoms with Crippen LogP contribution in [0.25, 0.3) is 0 Å². The van der Waals surface area contributed by atoms with E-state index >= 15 is 0 Å². The number of nitrogens with one attached hydrogen (secondary N) is 1. The first-order valence-electron chi connectivity index (χ1n) is 6.94. The molecule has 0 saturated carbocycles. The zero-order chi connectivity index (χ0) is 15.4. The highest BCUT2D eigenvalue weighted by molar-refractivity contribution is 6.33. The van der Waals surface area contributed by atoms with Gasteiger partial charge in [-0.25, -0.2) is 4.39 Å². The number of anilines is 2. The highest BCUT2D eigenvalue weighted by Gasteiger charge is 2.09. The molecule has 0 bridgehead atoms. The molecule has 1 unspecified atom stereocenters. The summed E-state index contributed by atoms with van der Waals surface area (Å²) < 4.78 is 13.6. The topological polar surface area (TPSA) is 15.3 Å². The minimum atomic E-state index is -0.160. The SMILES string of the molecule is CC(Cc1ccccc1F)Nc1ccc(N(C)C)c(Cl)c1. The van der Waals surface area contributed by atoms with E-state index in [1.807, 2.05) is 56.3 Å². The molecule has 21 heavy (non-hydrogen) atoms. The monoisotopic (exact) mass is 306 g/mol. The number of hydrogen-bond donors (Lipinski definition) is 1. The van der Waals surface area contributed by atoms with Gasteiger partial charge >= 0.3 is 0 Å². The first-order valence-corrected chi connectivity index (χ1v) is 7.32. The molecule has 2 rings (SSSR count). The Hall–Kier alpha value is -1.74. The third-order valence-corrected chi connectivity index (χ3v) is 3.63. The standard InChI is InChI=1S/C17H20ClFN2/c1-12(10-13-6-4-5-7-16(13)19)20-14-8-9-17(21(2)3)15(18)11-14/h4-9,11-12,20H,10H2,1-3H3. The molecule has 2 aromatic rings. The van der Waals surface area contributed by atoms with E-state index in [-0.39, 0.29) is 11.9 Å². The van der Waals surface area contributed by atoms with Gasteiger partial charge in [-0.3, -0.25) is 0 Å². The summed E-state index contributed by atoms with van der Waals surface area (Å²) >= 11 is 6.25. The van der Waals surface area contributed by atoms with Crippen molar-refractivity contribution < 1.29 is 4.39 Å². The lowest BCUT2D eigenvalue weighted by molar-refractivity contribution is 0.601. The molecule has 1 atom stereocenters. The molecule has 0 aromatic heterocycles. The van der Waals surface area contributed by atoms with Crippen LogP contribution in [0.15, 0.2) is 42.5 Å². The molecule has 0 spiro atoms. The van der Waals surface area contributed by atoms with Crippen LogP contribution in [0.1, 0.15) is 12.5 Å². The molecule has 4 heteroatoms. The molecule has 0 heterocycles. The van der Waals surface area contributed by atoms with Crippen LogP contribution in [-0.4, -0.2) is 20.1 Å². The van der Waals surface area contributed by atoms with Crippen molar-refractivity contribution in [3.8, 4) is 0 Å². The summed E-state index contributed by atoms with van der Waals surface area (Å²) in [4.78, 5) is 1.97. The van der Waals surface area contributed by atoms with Gasteiger partial charge in [-0.2, -0.15) is 0 Å². The second-order valence-corrected chi connectivity index (χ2v) is 5.81. The predicted octanol–water partition coefficient (Wildman–Crippen LogP) is 4.59. The quantitative estimate of drug-likeness (QED) is 0.869. The first-order chi connectivity index (χ1) is 9.97. The van der Waals surface area contributed by atoms with E-state index in [0.717, 1.165) is 11.4 Å². The Morgan fingerprint density at radius 1 is 1.19 bits per heavy atom. The smallest absolute Gasteiger partial charge is 0.126 e. The lowest BCUT2D eigenvalue weighted by Crippen LogP contribution is -2.19. The summed E-state index contributed by atoms with van der Waals surface area (Å²) in [6, 6.07) is 12.8. The molecule has 0 fully saturated rings. The Morgan fingerprint density at radius 3 is 2.52 bits per heavy atom. The van der Waals surface area contributed by atoms with Crippen molar-refractivity contribution in [3.63, 3.8) is 0 Å². The summed E-state index contributed by atoms with van der Waals surface area (Å²) in [6.07, 6.45) is 0.625. The van der Waals surface area contributed by atoms with Gasteiger partial charge in [0.2, 0.25) is 0 Å². The van der Waals surface area contributed by atoms with Crippen LogP contribution in [0, 0.1) is 5.82 Å². The van der Waals surface area contributed by atoms with E-state index in [1.165, 1.54) is 6.07 Å². The maximum Gasteiger partial charge on any atom is 0.126 e. The number of nitrogens with zero attached hydrogens (tertiary/aromatic N) is 1. The van der Waals surface area contributed by atoms with Gasteiger partial charge < -0.3 is 10.2 Å². The molecule has 0 amide bonds. The van der Waals surface area contributed by atoms with Gasteiger partial charge in [0.25, 0.3) is 0 Å².